The number of hydrogen-bond donors (Lipinski definition) is 1. The van der Waals surface area contributed by atoms with E-state index in [2.05, 4.69) is 20.2 Å². The van der Waals surface area contributed by atoms with E-state index in [0.717, 1.165) is 49.5 Å². The third-order valence-electron chi connectivity index (χ3n) is 8.93. The molecule has 5 aliphatic rings. The highest BCUT2D eigenvalue weighted by Gasteiger charge is 2.42. The van der Waals surface area contributed by atoms with Crippen LogP contribution in [0.3, 0.4) is 0 Å². The van der Waals surface area contributed by atoms with Gasteiger partial charge in [-0.15, -0.1) is 0 Å². The van der Waals surface area contributed by atoms with Gasteiger partial charge in [-0.25, -0.2) is 9.97 Å². The molecule has 0 spiro atoms. The highest BCUT2D eigenvalue weighted by atomic mass is 16.5. The molecule has 1 N–H and O–H groups in total. The van der Waals surface area contributed by atoms with Crippen molar-refractivity contribution in [1.29, 1.82) is 0 Å². The molecule has 38 heavy (non-hydrogen) atoms. The van der Waals surface area contributed by atoms with Gasteiger partial charge in [0.05, 0.1) is 0 Å². The van der Waals surface area contributed by atoms with Gasteiger partial charge >= 0.3 is 0 Å². The Morgan fingerprint density at radius 3 is 2.47 bits per heavy atom. The number of amides is 3. The van der Waals surface area contributed by atoms with Crippen molar-refractivity contribution in [2.45, 2.75) is 87.9 Å². The lowest BCUT2D eigenvalue weighted by Gasteiger charge is -2.47. The van der Waals surface area contributed by atoms with Gasteiger partial charge in [-0.05, 0) is 73.8 Å². The van der Waals surface area contributed by atoms with E-state index in [9.17, 15) is 14.4 Å². The minimum atomic E-state index is -0.604. The summed E-state index contributed by atoms with van der Waals surface area (Å²) in [6.07, 6.45) is 11.8. The molecule has 9 heteroatoms. The summed E-state index contributed by atoms with van der Waals surface area (Å²) in [5.41, 5.74) is 2.77. The second kappa shape index (κ2) is 9.45. The van der Waals surface area contributed by atoms with Crippen molar-refractivity contribution in [2.75, 3.05) is 13.1 Å². The number of rotatable bonds is 6. The van der Waals surface area contributed by atoms with Crippen LogP contribution in [-0.4, -0.2) is 68.8 Å². The second-order valence-electron chi connectivity index (χ2n) is 11.5. The molecular formula is C29H33N5O4. The van der Waals surface area contributed by atoms with Gasteiger partial charge in [-0.3, -0.25) is 24.6 Å². The Balaban J connectivity index is 0.997. The molecule has 2 aliphatic carbocycles. The summed E-state index contributed by atoms with van der Waals surface area (Å²) in [5.74, 6) is 1.98. The highest BCUT2D eigenvalue weighted by molar-refractivity contribution is 6.05. The third-order valence-corrected chi connectivity index (χ3v) is 8.93. The first-order chi connectivity index (χ1) is 18.5. The van der Waals surface area contributed by atoms with E-state index in [1.807, 2.05) is 30.6 Å². The normalized spacial score (nSPS) is 28.2. The maximum Gasteiger partial charge on any atom is 0.255 e. The van der Waals surface area contributed by atoms with Crippen LogP contribution in [0, 0.1) is 0 Å². The number of imide groups is 1. The van der Waals surface area contributed by atoms with Crippen LogP contribution in [0.15, 0.2) is 30.6 Å². The monoisotopic (exact) mass is 515 g/mol. The molecule has 1 aromatic heterocycles. The van der Waals surface area contributed by atoms with Gasteiger partial charge in [0, 0.05) is 56.0 Å². The number of ether oxygens (including phenoxy) is 1. The van der Waals surface area contributed by atoms with Crippen molar-refractivity contribution < 1.29 is 19.1 Å². The molecule has 198 valence electrons. The quantitative estimate of drug-likeness (QED) is 0.590. The van der Waals surface area contributed by atoms with E-state index in [-0.39, 0.29) is 30.2 Å². The number of fused-ring (bicyclic) bond motifs is 1. The number of nitrogens with one attached hydrogen (secondary N) is 1. The molecule has 2 saturated carbocycles. The van der Waals surface area contributed by atoms with Gasteiger partial charge in [0.25, 0.3) is 5.91 Å². The van der Waals surface area contributed by atoms with Crippen molar-refractivity contribution >= 4 is 17.7 Å². The zero-order valence-corrected chi connectivity index (χ0v) is 21.5. The molecule has 3 amide bonds. The summed E-state index contributed by atoms with van der Waals surface area (Å²) in [4.78, 5) is 50.3. The first-order valence-electron chi connectivity index (χ1n) is 14.0. The fourth-order valence-electron chi connectivity index (χ4n) is 6.56. The molecular weight excluding hydrogens is 482 g/mol. The van der Waals surface area contributed by atoms with Crippen LogP contribution in [0.25, 0.3) is 0 Å². The van der Waals surface area contributed by atoms with Crippen LogP contribution >= 0.6 is 0 Å². The average molecular weight is 516 g/mol. The minimum Gasteiger partial charge on any atom is -0.489 e. The number of likely N-dealkylation sites (tertiary alicyclic amines) is 1. The number of hydrogen-bond acceptors (Lipinski definition) is 7. The maximum atomic E-state index is 13.0. The fraction of sp³-hybridized carbons (Fsp3) is 0.552. The summed E-state index contributed by atoms with van der Waals surface area (Å²) >= 11 is 0. The number of carbonyl (C=O) groups excluding carboxylic acids is 3. The Morgan fingerprint density at radius 2 is 1.71 bits per heavy atom. The van der Waals surface area contributed by atoms with Crippen LogP contribution in [0.2, 0.25) is 0 Å². The van der Waals surface area contributed by atoms with Crippen LogP contribution in [0.1, 0.15) is 90.5 Å². The van der Waals surface area contributed by atoms with Gasteiger partial charge in [0.15, 0.2) is 0 Å². The Bertz CT molecular complexity index is 1270. The fourth-order valence-corrected chi connectivity index (χ4v) is 6.56. The van der Waals surface area contributed by atoms with Gasteiger partial charge < -0.3 is 9.64 Å². The van der Waals surface area contributed by atoms with Gasteiger partial charge in [0.1, 0.15) is 23.7 Å². The lowest BCUT2D eigenvalue weighted by atomic mass is 9.86. The molecule has 4 heterocycles. The Kier molecular flexibility index (Phi) is 5.91. The number of benzene rings is 1. The zero-order valence-electron chi connectivity index (χ0n) is 21.5. The van der Waals surface area contributed by atoms with E-state index in [4.69, 9.17) is 4.74 Å². The molecule has 9 nitrogen and oxygen atoms in total. The van der Waals surface area contributed by atoms with E-state index >= 15 is 0 Å². The molecule has 3 atom stereocenters. The molecule has 3 aliphatic heterocycles. The summed E-state index contributed by atoms with van der Waals surface area (Å²) in [6.45, 7) is 2.29. The highest BCUT2D eigenvalue weighted by Crippen LogP contribution is 2.40. The molecule has 7 rings (SSSR count). The first kappa shape index (κ1) is 23.8. The first-order valence-corrected chi connectivity index (χ1v) is 14.0. The van der Waals surface area contributed by atoms with Crippen molar-refractivity contribution in [3.63, 3.8) is 0 Å². The van der Waals surface area contributed by atoms with E-state index in [0.29, 0.717) is 36.4 Å². The van der Waals surface area contributed by atoms with Gasteiger partial charge in [-0.1, -0.05) is 6.42 Å². The number of nitrogens with zero attached hydrogens (tertiary/aromatic N) is 4. The van der Waals surface area contributed by atoms with Crippen LogP contribution < -0.4 is 10.1 Å². The van der Waals surface area contributed by atoms with Gasteiger partial charge in [0.2, 0.25) is 11.8 Å². The smallest absolute Gasteiger partial charge is 0.255 e. The Labute approximate surface area is 222 Å². The minimum absolute atomic E-state index is 0.101. The molecule has 0 bridgehead atoms. The number of piperidine rings is 1. The van der Waals surface area contributed by atoms with E-state index in [1.165, 1.54) is 24.8 Å². The summed E-state index contributed by atoms with van der Waals surface area (Å²) < 4.78 is 6.56. The Hall–Kier alpha value is -3.33. The Morgan fingerprint density at radius 1 is 0.921 bits per heavy atom. The largest absolute Gasteiger partial charge is 0.489 e. The van der Waals surface area contributed by atoms with Crippen LogP contribution in [0.5, 0.6) is 5.75 Å². The number of carbonyl (C=O) groups is 3. The van der Waals surface area contributed by atoms with Crippen molar-refractivity contribution in [3.05, 3.63) is 53.1 Å². The summed E-state index contributed by atoms with van der Waals surface area (Å²) in [5, 5.41) is 2.36. The molecule has 0 unspecified atom stereocenters. The van der Waals surface area contributed by atoms with Crippen LogP contribution in [0.4, 0.5) is 0 Å². The predicted molar refractivity (Wildman–Crippen MR) is 137 cm³/mol. The molecule has 2 saturated heterocycles. The lowest BCUT2D eigenvalue weighted by molar-refractivity contribution is -0.136. The van der Waals surface area contributed by atoms with Crippen molar-refractivity contribution in [3.8, 4) is 5.75 Å². The summed E-state index contributed by atoms with van der Waals surface area (Å²) in [6, 6.07) is 5.41. The maximum absolute atomic E-state index is 13.0. The molecule has 1 aromatic carbocycles. The third kappa shape index (κ3) is 4.36. The number of aromatic nitrogens is 2. The summed E-state index contributed by atoms with van der Waals surface area (Å²) in [7, 11) is 0. The van der Waals surface area contributed by atoms with Gasteiger partial charge in [-0.2, -0.15) is 0 Å². The standard InChI is InChI=1S/C29H33N5O4/c35-26-10-9-24(28(36)32-26)34-16-18-11-21(7-8-22(18)29(34)37)38-25-4-2-1-3-23(25)33-14-20(15-33)27-30-12-19(13-31-27)17-5-6-17/h7-8,11-13,17,20,23-25H,1-6,9-10,14-16H2,(H,32,35,36)/t23-,24+,25+/m0/s1. The van der Waals surface area contributed by atoms with Crippen LogP contribution in [-0.2, 0) is 16.1 Å². The SMILES string of the molecule is O=C1CC[C@@H](N2Cc3cc(O[C@@H]4CCCC[C@@H]4N4CC(c5ncc(C6CC6)cn5)C4)ccc3C2=O)C(=O)N1. The van der Waals surface area contributed by atoms with Crippen molar-refractivity contribution in [2.24, 2.45) is 0 Å². The molecule has 0 radical (unpaired) electrons. The predicted octanol–water partition coefficient (Wildman–Crippen LogP) is 2.90. The zero-order chi connectivity index (χ0) is 25.8. The van der Waals surface area contributed by atoms with Crippen molar-refractivity contribution in [1.82, 2.24) is 25.1 Å². The molecule has 2 aromatic rings. The molecule has 4 fully saturated rings. The topological polar surface area (TPSA) is 105 Å². The van der Waals surface area contributed by atoms with E-state index in [1.54, 1.807) is 4.90 Å². The van der Waals surface area contributed by atoms with E-state index < -0.39 is 6.04 Å². The lowest BCUT2D eigenvalue weighted by Crippen LogP contribution is -2.57. The average Bonchev–Trinajstić information content (AvgIpc) is 3.69. The second-order valence-corrected chi connectivity index (χ2v) is 11.5.